The summed E-state index contributed by atoms with van der Waals surface area (Å²) in [5.74, 6) is -2.55. The van der Waals surface area contributed by atoms with Gasteiger partial charge in [-0.1, -0.05) is 43.3 Å². The molecule has 0 spiro atoms. The molecule has 0 aliphatic heterocycles. The first-order valence-electron chi connectivity index (χ1n) is 8.66. The third-order valence-electron chi connectivity index (χ3n) is 4.42. The maximum Gasteiger partial charge on any atom is 0.573 e. The fourth-order valence-corrected chi connectivity index (χ4v) is 3.00. The van der Waals surface area contributed by atoms with Gasteiger partial charge in [-0.15, -0.1) is 13.2 Å². The number of rotatable bonds is 5. The van der Waals surface area contributed by atoms with Gasteiger partial charge in [-0.3, -0.25) is 4.79 Å². The molecule has 0 aromatic heterocycles. The van der Waals surface area contributed by atoms with E-state index in [9.17, 15) is 22.4 Å². The fraction of sp³-hybridized carbons (Fsp3) is 0.136. The van der Waals surface area contributed by atoms with E-state index < -0.39 is 29.3 Å². The van der Waals surface area contributed by atoms with Gasteiger partial charge in [0.25, 0.3) is 0 Å². The fourth-order valence-electron chi connectivity index (χ4n) is 3.00. The van der Waals surface area contributed by atoms with Crippen LogP contribution in [0.4, 0.5) is 22.0 Å². The van der Waals surface area contributed by atoms with E-state index in [0.29, 0.717) is 5.56 Å². The molecule has 3 aromatic rings. The Morgan fingerprint density at radius 1 is 0.931 bits per heavy atom. The quantitative estimate of drug-likeness (QED) is 0.354. The molecule has 0 fully saturated rings. The van der Waals surface area contributed by atoms with Crippen molar-refractivity contribution in [1.82, 2.24) is 0 Å². The van der Waals surface area contributed by atoms with E-state index in [-0.39, 0.29) is 23.0 Å². The Bertz CT molecular complexity index is 1020. The minimum absolute atomic E-state index is 0.0133. The number of aryl methyl sites for hydroxylation is 1. The maximum atomic E-state index is 15.0. The van der Waals surface area contributed by atoms with Gasteiger partial charge >= 0.3 is 6.36 Å². The van der Waals surface area contributed by atoms with E-state index in [4.69, 9.17) is 0 Å². The predicted molar refractivity (Wildman–Crippen MR) is 98.7 cm³/mol. The second kappa shape index (κ2) is 8.03. The molecule has 0 atom stereocenters. The van der Waals surface area contributed by atoms with Crippen LogP contribution in [0.25, 0.3) is 22.3 Å². The number of carbonyl (C=O) groups excluding carboxylic acids is 1. The summed E-state index contributed by atoms with van der Waals surface area (Å²) in [6.45, 7) is 1.95. The van der Waals surface area contributed by atoms with Gasteiger partial charge in [-0.2, -0.15) is 0 Å². The average molecular weight is 406 g/mol. The van der Waals surface area contributed by atoms with Crippen LogP contribution in [0.2, 0.25) is 0 Å². The predicted octanol–water partition coefficient (Wildman–Crippen LogP) is 6.57. The van der Waals surface area contributed by atoms with Crippen LogP contribution in [0.3, 0.4) is 0 Å². The van der Waals surface area contributed by atoms with Crippen LogP contribution in [0.15, 0.2) is 54.6 Å². The summed E-state index contributed by atoms with van der Waals surface area (Å²) in [6.07, 6.45) is -3.99. The molecule has 0 bridgehead atoms. The van der Waals surface area contributed by atoms with Crippen LogP contribution in [0, 0.1) is 11.6 Å². The van der Waals surface area contributed by atoms with E-state index in [1.165, 1.54) is 12.1 Å². The molecular weight excluding hydrogens is 391 g/mol. The van der Waals surface area contributed by atoms with E-state index in [0.717, 1.165) is 30.2 Å². The lowest BCUT2D eigenvalue weighted by atomic mass is 9.91. The first-order chi connectivity index (χ1) is 13.7. The van der Waals surface area contributed by atoms with Crippen LogP contribution in [-0.2, 0) is 6.42 Å². The molecule has 0 N–H and O–H groups in total. The molecule has 0 heterocycles. The van der Waals surface area contributed by atoms with Crippen molar-refractivity contribution < 1.29 is 31.5 Å². The second-order valence-corrected chi connectivity index (χ2v) is 6.25. The monoisotopic (exact) mass is 406 g/mol. The molecule has 2 nitrogen and oxygen atoms in total. The lowest BCUT2D eigenvalue weighted by Gasteiger charge is -2.15. The molecule has 0 radical (unpaired) electrons. The SMILES string of the molecule is CCc1ccc(-c2c(-c3ccc(OC(F)(F)F)cc3)cc(F)c(C=O)c2F)cc1. The van der Waals surface area contributed by atoms with Gasteiger partial charge < -0.3 is 4.74 Å². The maximum absolute atomic E-state index is 15.0. The number of aldehydes is 1. The molecule has 7 heteroatoms. The third kappa shape index (κ3) is 4.45. The van der Waals surface area contributed by atoms with E-state index >= 15 is 4.39 Å². The van der Waals surface area contributed by atoms with Gasteiger partial charge in [0.2, 0.25) is 0 Å². The lowest BCUT2D eigenvalue weighted by molar-refractivity contribution is -0.274. The van der Waals surface area contributed by atoms with Crippen molar-refractivity contribution in [1.29, 1.82) is 0 Å². The number of hydrogen-bond donors (Lipinski definition) is 0. The van der Waals surface area contributed by atoms with E-state index in [1.807, 2.05) is 6.92 Å². The highest BCUT2D eigenvalue weighted by atomic mass is 19.4. The smallest absolute Gasteiger partial charge is 0.406 e. The number of halogens is 5. The first-order valence-corrected chi connectivity index (χ1v) is 8.66. The largest absolute Gasteiger partial charge is 0.573 e. The van der Waals surface area contributed by atoms with Crippen molar-refractivity contribution >= 4 is 6.29 Å². The van der Waals surface area contributed by atoms with Gasteiger partial charge in [0.15, 0.2) is 6.29 Å². The Kier molecular flexibility index (Phi) is 5.68. The van der Waals surface area contributed by atoms with Crippen LogP contribution >= 0.6 is 0 Å². The molecule has 0 aliphatic rings. The minimum Gasteiger partial charge on any atom is -0.406 e. The molecule has 0 saturated carbocycles. The standard InChI is InChI=1S/C22H15F5O2/c1-2-13-3-5-15(6-4-13)20-17(11-19(23)18(12-28)21(20)24)14-7-9-16(10-8-14)29-22(25,26)27/h3-12H,2H2,1H3. The number of hydrogen-bond acceptors (Lipinski definition) is 2. The Morgan fingerprint density at radius 2 is 1.52 bits per heavy atom. The molecule has 0 aliphatic carbocycles. The van der Waals surface area contributed by atoms with Gasteiger partial charge in [0.05, 0.1) is 5.56 Å². The highest BCUT2D eigenvalue weighted by molar-refractivity contribution is 5.89. The summed E-state index contributed by atoms with van der Waals surface area (Å²) in [5.41, 5.74) is 1.06. The van der Waals surface area contributed by atoms with E-state index in [1.54, 1.807) is 24.3 Å². The zero-order valence-electron chi connectivity index (χ0n) is 15.2. The number of alkyl halides is 3. The summed E-state index contributed by atoms with van der Waals surface area (Å²) in [6, 6.07) is 12.5. The first kappa shape index (κ1) is 20.5. The normalized spacial score (nSPS) is 11.4. The molecule has 29 heavy (non-hydrogen) atoms. The topological polar surface area (TPSA) is 26.3 Å². The van der Waals surface area contributed by atoms with Gasteiger partial charge in [-0.05, 0) is 46.9 Å². The zero-order valence-corrected chi connectivity index (χ0v) is 15.2. The molecule has 0 amide bonds. The zero-order chi connectivity index (χ0) is 21.2. The molecule has 150 valence electrons. The Balaban J connectivity index is 2.16. The Hall–Kier alpha value is -3.22. The number of benzene rings is 3. The van der Waals surface area contributed by atoms with Gasteiger partial charge in [-0.25, -0.2) is 8.78 Å². The van der Waals surface area contributed by atoms with Crippen molar-refractivity contribution in [2.24, 2.45) is 0 Å². The van der Waals surface area contributed by atoms with Crippen LogP contribution in [0.1, 0.15) is 22.8 Å². The van der Waals surface area contributed by atoms with Crippen LogP contribution in [-0.4, -0.2) is 12.6 Å². The van der Waals surface area contributed by atoms with Crippen LogP contribution < -0.4 is 4.74 Å². The summed E-state index contributed by atoms with van der Waals surface area (Å²) >= 11 is 0. The molecule has 0 saturated heterocycles. The van der Waals surface area contributed by atoms with Gasteiger partial charge in [0.1, 0.15) is 17.4 Å². The van der Waals surface area contributed by atoms with E-state index in [2.05, 4.69) is 4.74 Å². The summed E-state index contributed by atoms with van der Waals surface area (Å²) in [4.78, 5) is 11.2. The van der Waals surface area contributed by atoms with Crippen molar-refractivity contribution in [3.05, 3.63) is 77.4 Å². The highest BCUT2D eigenvalue weighted by Gasteiger charge is 2.31. The minimum atomic E-state index is -4.85. The van der Waals surface area contributed by atoms with Crippen LogP contribution in [0.5, 0.6) is 5.75 Å². The van der Waals surface area contributed by atoms with Crippen molar-refractivity contribution in [3.8, 4) is 28.0 Å². The highest BCUT2D eigenvalue weighted by Crippen LogP contribution is 2.38. The second-order valence-electron chi connectivity index (χ2n) is 6.25. The molecule has 3 aromatic carbocycles. The summed E-state index contributed by atoms with van der Waals surface area (Å²) in [7, 11) is 0. The van der Waals surface area contributed by atoms with Crippen molar-refractivity contribution in [2.45, 2.75) is 19.7 Å². The molecular formula is C22H15F5O2. The Labute approximate surface area is 163 Å². The molecule has 0 unspecified atom stereocenters. The third-order valence-corrected chi connectivity index (χ3v) is 4.42. The summed E-state index contributed by atoms with van der Waals surface area (Å²) < 4.78 is 70.1. The Morgan fingerprint density at radius 3 is 2.03 bits per heavy atom. The van der Waals surface area contributed by atoms with Crippen molar-refractivity contribution in [2.75, 3.05) is 0 Å². The lowest BCUT2D eigenvalue weighted by Crippen LogP contribution is -2.16. The number of carbonyl (C=O) groups is 1. The van der Waals surface area contributed by atoms with Crippen molar-refractivity contribution in [3.63, 3.8) is 0 Å². The average Bonchev–Trinajstić information content (AvgIpc) is 2.67. The number of ether oxygens (including phenoxy) is 1. The molecule has 3 rings (SSSR count). The summed E-state index contributed by atoms with van der Waals surface area (Å²) in [5, 5.41) is 0. The van der Waals surface area contributed by atoms with Gasteiger partial charge in [0, 0.05) is 5.56 Å².